The fraction of sp³-hybridized carbons (Fsp3) is 0.125. The van der Waals surface area contributed by atoms with Gasteiger partial charge in [0.25, 0.3) is 0 Å². The molecule has 0 amide bonds. The zero-order chi connectivity index (χ0) is 14.5. The minimum atomic E-state index is -0.220. The first-order valence-corrected chi connectivity index (χ1v) is 7.13. The first-order chi connectivity index (χ1) is 10.3. The van der Waals surface area contributed by atoms with Crippen LogP contribution in [-0.2, 0) is 4.84 Å². The van der Waals surface area contributed by atoms with Gasteiger partial charge in [0.15, 0.2) is 0 Å². The molecule has 2 aromatic rings. The third kappa shape index (κ3) is 3.45. The van der Waals surface area contributed by atoms with Gasteiger partial charge in [-0.05, 0) is 5.56 Å². The lowest BCUT2D eigenvalue weighted by molar-refractivity contribution is 0.0546. The predicted octanol–water partition coefficient (Wildman–Crippen LogP) is 2.61. The molecule has 2 aromatic carbocycles. The smallest absolute Gasteiger partial charge is 0.200 e. The molecule has 1 aliphatic heterocycles. The van der Waals surface area contributed by atoms with Gasteiger partial charge >= 0.3 is 0 Å². The Labute approximate surface area is 128 Å². The van der Waals surface area contributed by atoms with Gasteiger partial charge in [-0.15, -0.1) is 0 Å². The van der Waals surface area contributed by atoms with Crippen LogP contribution in [-0.4, -0.2) is 16.9 Å². The fourth-order valence-electron chi connectivity index (χ4n) is 2.06. The number of hydrazine groups is 1. The molecule has 1 unspecified atom stereocenters. The molecule has 106 valence electrons. The normalized spacial score (nSPS) is 17.0. The highest BCUT2D eigenvalue weighted by Gasteiger charge is 2.21. The largest absolute Gasteiger partial charge is 0.374 e. The van der Waals surface area contributed by atoms with Crippen LogP contribution in [0, 0.1) is 0 Å². The standard InChI is InChI=1S/C16H15N3OS/c21-16(13-9-5-2-6-10-13)18-17-15-11-14(19-20-15)12-7-3-1-4-8-12/h1-10,15,17H,11H2,(H,18,21). The van der Waals surface area contributed by atoms with Gasteiger partial charge in [-0.25, -0.2) is 0 Å². The summed E-state index contributed by atoms with van der Waals surface area (Å²) in [6.45, 7) is 0. The molecule has 0 aromatic heterocycles. The van der Waals surface area contributed by atoms with Crippen molar-refractivity contribution in [2.24, 2.45) is 5.16 Å². The third-order valence-corrected chi connectivity index (χ3v) is 3.50. The average molecular weight is 297 g/mol. The van der Waals surface area contributed by atoms with E-state index in [2.05, 4.69) is 16.0 Å². The lowest BCUT2D eigenvalue weighted by Gasteiger charge is -2.13. The van der Waals surface area contributed by atoms with Gasteiger partial charge < -0.3 is 10.3 Å². The van der Waals surface area contributed by atoms with E-state index in [1.807, 2.05) is 60.7 Å². The van der Waals surface area contributed by atoms with Crippen molar-refractivity contribution < 1.29 is 4.84 Å². The fourth-order valence-corrected chi connectivity index (χ4v) is 2.26. The van der Waals surface area contributed by atoms with Crippen molar-refractivity contribution in [1.29, 1.82) is 0 Å². The van der Waals surface area contributed by atoms with Gasteiger partial charge in [-0.1, -0.05) is 78.0 Å². The Morgan fingerprint density at radius 2 is 1.71 bits per heavy atom. The highest BCUT2D eigenvalue weighted by Crippen LogP contribution is 2.14. The topological polar surface area (TPSA) is 45.7 Å². The number of nitrogens with zero attached hydrogens (tertiary/aromatic N) is 1. The summed E-state index contributed by atoms with van der Waals surface area (Å²) in [6.07, 6.45) is 0.468. The first kappa shape index (κ1) is 13.7. The molecule has 5 heteroatoms. The van der Waals surface area contributed by atoms with E-state index >= 15 is 0 Å². The predicted molar refractivity (Wildman–Crippen MR) is 86.9 cm³/mol. The molecule has 0 radical (unpaired) electrons. The van der Waals surface area contributed by atoms with Gasteiger partial charge in [0.2, 0.25) is 6.23 Å². The molecule has 0 fully saturated rings. The summed E-state index contributed by atoms with van der Waals surface area (Å²) in [7, 11) is 0. The summed E-state index contributed by atoms with van der Waals surface area (Å²) in [5.41, 5.74) is 9.02. The maximum absolute atomic E-state index is 5.36. The highest BCUT2D eigenvalue weighted by molar-refractivity contribution is 7.80. The van der Waals surface area contributed by atoms with Crippen molar-refractivity contribution in [1.82, 2.24) is 10.9 Å². The summed E-state index contributed by atoms with van der Waals surface area (Å²) in [5, 5.41) is 4.11. The molecule has 0 aliphatic carbocycles. The number of oxime groups is 1. The maximum atomic E-state index is 5.36. The number of rotatable bonds is 4. The van der Waals surface area contributed by atoms with Crippen molar-refractivity contribution >= 4 is 22.9 Å². The monoisotopic (exact) mass is 297 g/mol. The molecule has 1 aliphatic rings. The Hall–Kier alpha value is -2.24. The van der Waals surface area contributed by atoms with Crippen LogP contribution < -0.4 is 10.9 Å². The molecule has 0 bridgehead atoms. The van der Waals surface area contributed by atoms with Gasteiger partial charge in [-0.3, -0.25) is 0 Å². The van der Waals surface area contributed by atoms with Gasteiger partial charge in [0, 0.05) is 12.0 Å². The van der Waals surface area contributed by atoms with E-state index in [1.54, 1.807) is 0 Å². The Balaban J connectivity index is 1.52. The minimum Gasteiger partial charge on any atom is -0.374 e. The highest BCUT2D eigenvalue weighted by atomic mass is 32.1. The summed E-state index contributed by atoms with van der Waals surface area (Å²) in [4.78, 5) is 5.99. The quantitative estimate of drug-likeness (QED) is 0.672. The second-order valence-corrected chi connectivity index (χ2v) is 5.07. The summed E-state index contributed by atoms with van der Waals surface area (Å²) < 4.78 is 0. The van der Waals surface area contributed by atoms with E-state index in [0.29, 0.717) is 11.4 Å². The van der Waals surface area contributed by atoms with Crippen LogP contribution in [0.4, 0.5) is 0 Å². The van der Waals surface area contributed by atoms with E-state index in [4.69, 9.17) is 17.1 Å². The lowest BCUT2D eigenvalue weighted by Crippen LogP contribution is -2.44. The Bertz CT molecular complexity index is 643. The molecule has 3 rings (SSSR count). The van der Waals surface area contributed by atoms with E-state index in [1.165, 1.54) is 0 Å². The zero-order valence-corrected chi connectivity index (χ0v) is 12.1. The number of hydrogen-bond acceptors (Lipinski definition) is 4. The second kappa shape index (κ2) is 6.47. The Morgan fingerprint density at radius 1 is 1.05 bits per heavy atom. The molecule has 1 heterocycles. The zero-order valence-electron chi connectivity index (χ0n) is 11.3. The summed E-state index contributed by atoms with van der Waals surface area (Å²) >= 11 is 5.31. The van der Waals surface area contributed by atoms with Gasteiger partial charge in [0.1, 0.15) is 4.99 Å². The average Bonchev–Trinajstić information content (AvgIpc) is 3.03. The van der Waals surface area contributed by atoms with Crippen LogP contribution in [0.3, 0.4) is 0 Å². The lowest BCUT2D eigenvalue weighted by atomic mass is 10.1. The molecular formula is C16H15N3OS. The van der Waals surface area contributed by atoms with Gasteiger partial charge in [-0.2, -0.15) is 5.43 Å². The van der Waals surface area contributed by atoms with Crippen LogP contribution in [0.15, 0.2) is 65.8 Å². The number of nitrogens with one attached hydrogen (secondary N) is 2. The van der Waals surface area contributed by atoms with Crippen molar-refractivity contribution in [3.05, 3.63) is 71.8 Å². The Kier molecular flexibility index (Phi) is 4.23. The molecule has 0 saturated carbocycles. The van der Waals surface area contributed by atoms with E-state index in [9.17, 15) is 0 Å². The minimum absolute atomic E-state index is 0.220. The van der Waals surface area contributed by atoms with E-state index in [-0.39, 0.29) is 6.23 Å². The van der Waals surface area contributed by atoms with Crippen LogP contribution in [0.1, 0.15) is 17.5 Å². The van der Waals surface area contributed by atoms with E-state index in [0.717, 1.165) is 16.8 Å². The van der Waals surface area contributed by atoms with Crippen molar-refractivity contribution in [3.8, 4) is 0 Å². The van der Waals surface area contributed by atoms with E-state index < -0.39 is 0 Å². The number of thiocarbonyl (C=S) groups is 1. The maximum Gasteiger partial charge on any atom is 0.200 e. The van der Waals surface area contributed by atoms with Crippen LogP contribution >= 0.6 is 12.2 Å². The number of benzene rings is 2. The molecular weight excluding hydrogens is 282 g/mol. The SMILES string of the molecule is S=C(NNC1CC(c2ccccc2)=NO1)c1ccccc1. The Morgan fingerprint density at radius 3 is 2.43 bits per heavy atom. The van der Waals surface area contributed by atoms with Crippen LogP contribution in [0.2, 0.25) is 0 Å². The molecule has 21 heavy (non-hydrogen) atoms. The van der Waals surface area contributed by atoms with Crippen molar-refractivity contribution in [2.45, 2.75) is 12.6 Å². The first-order valence-electron chi connectivity index (χ1n) is 6.72. The van der Waals surface area contributed by atoms with Gasteiger partial charge in [0.05, 0.1) is 5.71 Å². The molecule has 0 saturated heterocycles. The number of hydrogen-bond donors (Lipinski definition) is 2. The molecule has 1 atom stereocenters. The van der Waals surface area contributed by atoms with Crippen LogP contribution in [0.5, 0.6) is 0 Å². The summed E-state index contributed by atoms with van der Waals surface area (Å²) in [5.74, 6) is 0. The molecule has 0 spiro atoms. The molecule has 4 nitrogen and oxygen atoms in total. The van der Waals surface area contributed by atoms with Crippen molar-refractivity contribution in [3.63, 3.8) is 0 Å². The second-order valence-electron chi connectivity index (χ2n) is 4.67. The third-order valence-electron chi connectivity index (χ3n) is 3.16. The molecule has 2 N–H and O–H groups in total. The van der Waals surface area contributed by atoms with Crippen molar-refractivity contribution in [2.75, 3.05) is 0 Å². The van der Waals surface area contributed by atoms with Crippen LogP contribution in [0.25, 0.3) is 0 Å². The summed E-state index contributed by atoms with van der Waals surface area (Å²) in [6, 6.07) is 19.8.